The molecule has 0 spiro atoms. The topological polar surface area (TPSA) is 122 Å². The molecule has 12 heteroatoms. The smallest absolute Gasteiger partial charge is 0.350 e. The first-order chi connectivity index (χ1) is 20.3. The molecule has 1 aliphatic heterocycles. The quantitative estimate of drug-likeness (QED) is 0.273. The average molecular weight is 574 g/mol. The molecule has 0 aliphatic carbocycles. The van der Waals surface area contributed by atoms with Gasteiger partial charge in [-0.1, -0.05) is 38.9 Å². The van der Waals surface area contributed by atoms with E-state index in [-0.39, 0.29) is 17.5 Å². The van der Waals surface area contributed by atoms with Gasteiger partial charge in [-0.3, -0.25) is 0 Å². The van der Waals surface area contributed by atoms with Crippen molar-refractivity contribution in [1.82, 2.24) is 34.4 Å². The Morgan fingerprint density at radius 1 is 1.17 bits per heavy atom. The molecule has 4 aromatic rings. The molecular formula is C30H36FN9O2. The Balaban J connectivity index is 1.29. The maximum atomic E-state index is 15.3. The molecule has 1 fully saturated rings. The Labute approximate surface area is 244 Å². The zero-order valence-corrected chi connectivity index (χ0v) is 24.5. The summed E-state index contributed by atoms with van der Waals surface area (Å²) in [7, 11) is 0. The van der Waals surface area contributed by atoms with Gasteiger partial charge in [-0.25, -0.2) is 23.4 Å². The van der Waals surface area contributed by atoms with Gasteiger partial charge in [0.05, 0.1) is 17.8 Å². The highest BCUT2D eigenvalue weighted by molar-refractivity contribution is 5.69. The van der Waals surface area contributed by atoms with Crippen molar-refractivity contribution >= 4 is 5.82 Å². The molecular weight excluding hydrogens is 537 g/mol. The second-order valence-electron chi connectivity index (χ2n) is 10.8. The Kier molecular flexibility index (Phi) is 8.77. The van der Waals surface area contributed by atoms with Crippen LogP contribution < -0.4 is 10.6 Å². The summed E-state index contributed by atoms with van der Waals surface area (Å²) < 4.78 is 23.3. The monoisotopic (exact) mass is 573 g/mol. The molecule has 1 aliphatic rings. The molecule has 0 atom stereocenters. The van der Waals surface area contributed by atoms with Crippen LogP contribution >= 0.6 is 0 Å². The molecule has 4 heterocycles. The van der Waals surface area contributed by atoms with E-state index < -0.39 is 11.5 Å². The number of hydrogen-bond acceptors (Lipinski definition) is 9. The third kappa shape index (κ3) is 5.97. The van der Waals surface area contributed by atoms with E-state index in [0.29, 0.717) is 60.4 Å². The van der Waals surface area contributed by atoms with Crippen molar-refractivity contribution in [3.05, 3.63) is 70.4 Å². The molecule has 0 amide bonds. The zero-order valence-electron chi connectivity index (χ0n) is 24.5. The number of likely N-dealkylation sites (N-methyl/N-ethyl adjacent to an activating group) is 1. The highest BCUT2D eigenvalue weighted by atomic mass is 19.1. The lowest BCUT2D eigenvalue weighted by Gasteiger charge is -2.31. The SMILES string of the molecule is CCN(CC)CCn1ncn(-c2ccc(-c3cnc(N4CCC(c5nc(C(C)C)no5)CC4)c(C#N)c3)cc2F)c1=O. The standard InChI is InChI=1S/C30H36FN9O2/c1-5-37(6-2)13-14-40-30(41)39(19-34-40)26-8-7-22(16-25(26)31)24-15-23(17-32)28(33-18-24)38-11-9-21(10-12-38)29-35-27(20(3)4)36-42-29/h7-8,15-16,18-21H,5-6,9-14H2,1-4H3. The lowest BCUT2D eigenvalue weighted by Crippen LogP contribution is -2.34. The van der Waals surface area contributed by atoms with Gasteiger partial charge >= 0.3 is 5.69 Å². The van der Waals surface area contributed by atoms with E-state index in [1.807, 2.05) is 13.8 Å². The van der Waals surface area contributed by atoms with E-state index in [1.54, 1.807) is 24.4 Å². The van der Waals surface area contributed by atoms with Crippen LogP contribution in [0.4, 0.5) is 10.2 Å². The van der Waals surface area contributed by atoms with Crippen molar-refractivity contribution in [3.63, 3.8) is 0 Å². The van der Waals surface area contributed by atoms with Gasteiger partial charge in [0.1, 0.15) is 24.0 Å². The van der Waals surface area contributed by atoms with Crippen LogP contribution in [0.15, 0.2) is 46.1 Å². The number of nitriles is 1. The summed E-state index contributed by atoms with van der Waals surface area (Å²) in [4.78, 5) is 26.3. The Bertz CT molecular complexity index is 1620. The number of piperidine rings is 1. The molecule has 3 aromatic heterocycles. The van der Waals surface area contributed by atoms with Gasteiger partial charge in [0.2, 0.25) is 5.89 Å². The summed E-state index contributed by atoms with van der Waals surface area (Å²) >= 11 is 0. The summed E-state index contributed by atoms with van der Waals surface area (Å²) in [6.07, 6.45) is 4.62. The van der Waals surface area contributed by atoms with Crippen LogP contribution in [0.2, 0.25) is 0 Å². The second kappa shape index (κ2) is 12.7. The number of hydrogen-bond donors (Lipinski definition) is 0. The third-order valence-corrected chi connectivity index (χ3v) is 7.90. The van der Waals surface area contributed by atoms with E-state index in [0.717, 1.165) is 25.9 Å². The number of aromatic nitrogens is 6. The summed E-state index contributed by atoms with van der Waals surface area (Å²) in [5.41, 5.74) is 1.32. The fourth-order valence-corrected chi connectivity index (χ4v) is 5.25. The van der Waals surface area contributed by atoms with Gasteiger partial charge in [0, 0.05) is 43.2 Å². The van der Waals surface area contributed by atoms with Gasteiger partial charge in [-0.05, 0) is 49.7 Å². The van der Waals surface area contributed by atoms with Crippen molar-refractivity contribution in [1.29, 1.82) is 5.26 Å². The minimum Gasteiger partial charge on any atom is -0.355 e. The molecule has 42 heavy (non-hydrogen) atoms. The predicted molar refractivity (Wildman–Crippen MR) is 156 cm³/mol. The summed E-state index contributed by atoms with van der Waals surface area (Å²) in [5, 5.41) is 18.2. The molecule has 1 aromatic carbocycles. The Hall–Kier alpha value is -4.37. The first-order valence-electron chi connectivity index (χ1n) is 14.5. The molecule has 1 saturated heterocycles. The predicted octanol–water partition coefficient (Wildman–Crippen LogP) is 4.34. The van der Waals surface area contributed by atoms with Gasteiger partial charge in [0.15, 0.2) is 5.82 Å². The van der Waals surface area contributed by atoms with Gasteiger partial charge in [0.25, 0.3) is 0 Å². The first-order valence-corrected chi connectivity index (χ1v) is 14.5. The van der Waals surface area contributed by atoms with E-state index in [2.05, 4.69) is 49.9 Å². The van der Waals surface area contributed by atoms with Crippen LogP contribution in [0.5, 0.6) is 0 Å². The van der Waals surface area contributed by atoms with Crippen molar-refractivity contribution in [2.75, 3.05) is 37.6 Å². The summed E-state index contributed by atoms with van der Waals surface area (Å²) in [6, 6.07) is 8.61. The number of nitrogens with zero attached hydrogens (tertiary/aromatic N) is 9. The van der Waals surface area contributed by atoms with E-state index in [1.165, 1.54) is 21.6 Å². The van der Waals surface area contributed by atoms with E-state index in [4.69, 9.17) is 4.52 Å². The molecule has 0 radical (unpaired) electrons. The molecule has 5 rings (SSSR count). The third-order valence-electron chi connectivity index (χ3n) is 7.90. The first kappa shape index (κ1) is 29.1. The summed E-state index contributed by atoms with van der Waals surface area (Å²) in [6.45, 7) is 12.5. The van der Waals surface area contributed by atoms with Gasteiger partial charge in [-0.2, -0.15) is 15.3 Å². The molecule has 0 N–H and O–H groups in total. The normalized spacial score (nSPS) is 14.2. The fourth-order valence-electron chi connectivity index (χ4n) is 5.25. The van der Waals surface area contributed by atoms with Crippen LogP contribution in [0.3, 0.4) is 0 Å². The highest BCUT2D eigenvalue weighted by Crippen LogP contribution is 2.32. The number of halogens is 1. The Morgan fingerprint density at radius 2 is 1.93 bits per heavy atom. The van der Waals surface area contributed by atoms with Crippen LogP contribution in [-0.4, -0.2) is 67.1 Å². The molecule has 11 nitrogen and oxygen atoms in total. The van der Waals surface area contributed by atoms with Crippen LogP contribution in [0.1, 0.15) is 69.7 Å². The van der Waals surface area contributed by atoms with Gasteiger partial charge < -0.3 is 14.3 Å². The van der Waals surface area contributed by atoms with Crippen molar-refractivity contribution in [3.8, 4) is 22.9 Å². The average Bonchev–Trinajstić information content (AvgIpc) is 3.65. The number of rotatable bonds is 10. The lowest BCUT2D eigenvalue weighted by atomic mass is 9.96. The molecule has 220 valence electrons. The largest absolute Gasteiger partial charge is 0.355 e. The zero-order chi connectivity index (χ0) is 29.8. The maximum Gasteiger partial charge on any atom is 0.350 e. The van der Waals surface area contributed by atoms with Crippen molar-refractivity contribution in [2.45, 2.75) is 58.9 Å². The second-order valence-corrected chi connectivity index (χ2v) is 10.8. The van der Waals surface area contributed by atoms with Gasteiger partial charge in [-0.15, -0.1) is 0 Å². The Morgan fingerprint density at radius 3 is 2.57 bits per heavy atom. The fraction of sp³-hybridized carbons (Fsp3) is 0.467. The molecule has 0 unspecified atom stereocenters. The molecule has 0 bridgehead atoms. The summed E-state index contributed by atoms with van der Waals surface area (Å²) in [5.74, 6) is 1.81. The van der Waals surface area contributed by atoms with Crippen LogP contribution in [0.25, 0.3) is 16.8 Å². The minimum atomic E-state index is -0.566. The lowest BCUT2D eigenvalue weighted by molar-refractivity contribution is 0.283. The number of anilines is 1. The highest BCUT2D eigenvalue weighted by Gasteiger charge is 2.27. The minimum absolute atomic E-state index is 0.118. The van der Waals surface area contributed by atoms with E-state index in [9.17, 15) is 10.1 Å². The van der Waals surface area contributed by atoms with Crippen LogP contribution in [0, 0.1) is 17.1 Å². The number of pyridine rings is 1. The number of benzene rings is 1. The van der Waals surface area contributed by atoms with Crippen molar-refractivity contribution < 1.29 is 8.91 Å². The maximum absolute atomic E-state index is 15.3. The van der Waals surface area contributed by atoms with Crippen molar-refractivity contribution in [2.24, 2.45) is 0 Å². The van der Waals surface area contributed by atoms with Crippen LogP contribution in [-0.2, 0) is 6.54 Å². The molecule has 0 saturated carbocycles. The van der Waals surface area contributed by atoms with E-state index >= 15 is 4.39 Å².